The van der Waals surface area contributed by atoms with E-state index >= 15 is 0 Å². The van der Waals surface area contributed by atoms with Gasteiger partial charge in [-0.15, -0.1) is 0 Å². The van der Waals surface area contributed by atoms with E-state index in [0.29, 0.717) is 42.6 Å². The van der Waals surface area contributed by atoms with E-state index in [0.717, 1.165) is 36.2 Å². The Bertz CT molecular complexity index is 1450. The molecule has 5 rings (SSSR count). The minimum Gasteiger partial charge on any atom is -0.457 e. The monoisotopic (exact) mass is 523 g/mol. The van der Waals surface area contributed by atoms with Gasteiger partial charge in [0.2, 0.25) is 5.91 Å². The molecule has 1 aliphatic heterocycles. The summed E-state index contributed by atoms with van der Waals surface area (Å²) in [6.07, 6.45) is 4.63. The van der Waals surface area contributed by atoms with Gasteiger partial charge in [0.15, 0.2) is 0 Å². The maximum Gasteiger partial charge on any atom is 0.256 e. The molecule has 0 radical (unpaired) electrons. The van der Waals surface area contributed by atoms with E-state index in [9.17, 15) is 9.59 Å². The first-order valence-corrected chi connectivity index (χ1v) is 12.7. The van der Waals surface area contributed by atoms with Gasteiger partial charge in [0.05, 0.1) is 18.7 Å². The molecule has 0 unspecified atom stereocenters. The minimum absolute atomic E-state index is 0.173. The summed E-state index contributed by atoms with van der Waals surface area (Å²) in [4.78, 5) is 37.9. The summed E-state index contributed by atoms with van der Waals surface area (Å²) in [6, 6.07) is 19.6. The Morgan fingerprint density at radius 2 is 1.85 bits per heavy atom. The SMILES string of the molecule is C=CC(=O)N(CCN1CCOCC1)c1ccc2nccc(Oc3ccc(C(=O)Nc4ccccn4)cc3)c2c1. The summed E-state index contributed by atoms with van der Waals surface area (Å²) in [7, 11) is 0. The zero-order valence-corrected chi connectivity index (χ0v) is 21.5. The van der Waals surface area contributed by atoms with Gasteiger partial charge < -0.3 is 19.7 Å². The van der Waals surface area contributed by atoms with E-state index in [1.807, 2.05) is 18.2 Å². The van der Waals surface area contributed by atoms with Crippen LogP contribution in [0.15, 0.2) is 91.8 Å². The maximum atomic E-state index is 12.8. The fraction of sp³-hybridized carbons (Fsp3) is 0.200. The van der Waals surface area contributed by atoms with Crippen LogP contribution >= 0.6 is 0 Å². The molecule has 2 aromatic heterocycles. The fourth-order valence-corrected chi connectivity index (χ4v) is 4.34. The first-order valence-electron chi connectivity index (χ1n) is 12.7. The number of carbonyl (C=O) groups is 2. The zero-order chi connectivity index (χ0) is 27.0. The highest BCUT2D eigenvalue weighted by atomic mass is 16.5. The number of hydrogen-bond donors (Lipinski definition) is 1. The summed E-state index contributed by atoms with van der Waals surface area (Å²) in [5, 5.41) is 3.53. The Morgan fingerprint density at radius 3 is 2.59 bits per heavy atom. The summed E-state index contributed by atoms with van der Waals surface area (Å²) in [6.45, 7) is 8.04. The zero-order valence-electron chi connectivity index (χ0n) is 21.5. The lowest BCUT2D eigenvalue weighted by molar-refractivity contribution is -0.114. The molecule has 198 valence electrons. The Kier molecular flexibility index (Phi) is 8.20. The van der Waals surface area contributed by atoms with E-state index in [1.165, 1.54) is 6.08 Å². The van der Waals surface area contributed by atoms with Crippen LogP contribution in [-0.4, -0.2) is 66.1 Å². The molecule has 0 aliphatic carbocycles. The van der Waals surface area contributed by atoms with Gasteiger partial charge >= 0.3 is 0 Å². The molecule has 2 aromatic carbocycles. The molecule has 1 N–H and O–H groups in total. The third-order valence-corrected chi connectivity index (χ3v) is 6.43. The highest BCUT2D eigenvalue weighted by Crippen LogP contribution is 2.32. The number of morpholine rings is 1. The molecule has 9 heteroatoms. The third kappa shape index (κ3) is 6.46. The number of carbonyl (C=O) groups excluding carboxylic acids is 2. The highest BCUT2D eigenvalue weighted by Gasteiger charge is 2.18. The van der Waals surface area contributed by atoms with Crippen molar-refractivity contribution in [2.45, 2.75) is 0 Å². The molecule has 4 aromatic rings. The van der Waals surface area contributed by atoms with Gasteiger partial charge in [0.1, 0.15) is 17.3 Å². The Hall–Kier alpha value is -4.60. The number of pyridine rings is 2. The number of ether oxygens (including phenoxy) is 2. The van der Waals surface area contributed by atoms with E-state index in [-0.39, 0.29) is 11.8 Å². The van der Waals surface area contributed by atoms with Gasteiger partial charge in [-0.05, 0) is 66.7 Å². The molecule has 0 bridgehead atoms. The second kappa shape index (κ2) is 12.3. The van der Waals surface area contributed by atoms with Crippen LogP contribution in [0.5, 0.6) is 11.5 Å². The number of hydrogen-bond acceptors (Lipinski definition) is 7. The van der Waals surface area contributed by atoms with Crippen molar-refractivity contribution in [3.05, 3.63) is 97.3 Å². The molecule has 9 nitrogen and oxygen atoms in total. The minimum atomic E-state index is -0.261. The number of fused-ring (bicyclic) bond motifs is 1. The topological polar surface area (TPSA) is 96.9 Å². The van der Waals surface area contributed by atoms with Crippen LogP contribution in [0.1, 0.15) is 10.4 Å². The number of benzene rings is 2. The van der Waals surface area contributed by atoms with Crippen molar-refractivity contribution in [3.8, 4) is 11.5 Å². The van der Waals surface area contributed by atoms with Crippen LogP contribution in [-0.2, 0) is 9.53 Å². The second-order valence-electron chi connectivity index (χ2n) is 8.95. The van der Waals surface area contributed by atoms with Crippen molar-refractivity contribution in [2.75, 3.05) is 49.6 Å². The van der Waals surface area contributed by atoms with E-state index in [1.54, 1.807) is 65.8 Å². The number of aromatic nitrogens is 2. The third-order valence-electron chi connectivity index (χ3n) is 6.43. The van der Waals surface area contributed by atoms with Gasteiger partial charge in [0, 0.05) is 55.2 Å². The molecule has 1 saturated heterocycles. The molecule has 39 heavy (non-hydrogen) atoms. The first kappa shape index (κ1) is 26.0. The number of anilines is 2. The summed E-state index contributed by atoms with van der Waals surface area (Å²) >= 11 is 0. The lowest BCUT2D eigenvalue weighted by Gasteiger charge is -2.30. The molecular weight excluding hydrogens is 494 g/mol. The summed E-state index contributed by atoms with van der Waals surface area (Å²) in [5.41, 5.74) is 1.95. The molecule has 1 fully saturated rings. The van der Waals surface area contributed by atoms with Crippen LogP contribution in [0.2, 0.25) is 0 Å². The van der Waals surface area contributed by atoms with Crippen molar-refractivity contribution in [3.63, 3.8) is 0 Å². The highest BCUT2D eigenvalue weighted by molar-refractivity contribution is 6.04. The largest absolute Gasteiger partial charge is 0.457 e. The quantitative estimate of drug-likeness (QED) is 0.322. The summed E-state index contributed by atoms with van der Waals surface area (Å²) < 4.78 is 11.6. The van der Waals surface area contributed by atoms with Crippen LogP contribution in [0.3, 0.4) is 0 Å². The number of amides is 2. The van der Waals surface area contributed by atoms with Crippen LogP contribution < -0.4 is 15.0 Å². The van der Waals surface area contributed by atoms with Gasteiger partial charge in [-0.2, -0.15) is 0 Å². The molecule has 1 aliphatic rings. The van der Waals surface area contributed by atoms with Crippen LogP contribution in [0.4, 0.5) is 11.5 Å². The van der Waals surface area contributed by atoms with E-state index in [4.69, 9.17) is 9.47 Å². The number of rotatable bonds is 9. The van der Waals surface area contributed by atoms with E-state index in [2.05, 4.69) is 26.8 Å². The first-order chi connectivity index (χ1) is 19.1. The van der Waals surface area contributed by atoms with E-state index < -0.39 is 0 Å². The standard InChI is InChI=1S/C30H29N5O4/c1-2-29(36)35(16-15-34-17-19-38-20-18-34)23-8-11-26-25(21-23)27(12-14-31-26)39-24-9-6-22(7-10-24)30(37)33-28-5-3-4-13-32-28/h2-14,21H,1,15-20H2,(H,32,33,37). The van der Waals surface area contributed by atoms with Crippen molar-refractivity contribution in [1.29, 1.82) is 0 Å². The number of nitrogens with zero attached hydrogens (tertiary/aromatic N) is 4. The van der Waals surface area contributed by atoms with Crippen LogP contribution in [0, 0.1) is 0 Å². The van der Waals surface area contributed by atoms with Crippen LogP contribution in [0.25, 0.3) is 10.9 Å². The van der Waals surface area contributed by atoms with Gasteiger partial charge in [-0.25, -0.2) is 4.98 Å². The molecular formula is C30H29N5O4. The molecule has 2 amide bonds. The molecule has 3 heterocycles. The predicted octanol–water partition coefficient (Wildman–Crippen LogP) is 4.53. The second-order valence-corrected chi connectivity index (χ2v) is 8.95. The molecule has 0 atom stereocenters. The smallest absolute Gasteiger partial charge is 0.256 e. The Labute approximate surface area is 226 Å². The summed E-state index contributed by atoms with van der Waals surface area (Å²) in [5.74, 6) is 1.20. The van der Waals surface area contributed by atoms with Crippen molar-refractivity contribution >= 4 is 34.2 Å². The molecule has 0 saturated carbocycles. The van der Waals surface area contributed by atoms with Gasteiger partial charge in [-0.3, -0.25) is 19.5 Å². The Morgan fingerprint density at radius 1 is 1.03 bits per heavy atom. The average molecular weight is 524 g/mol. The Balaban J connectivity index is 1.34. The lowest BCUT2D eigenvalue weighted by atomic mass is 10.1. The molecule has 0 spiro atoms. The number of nitrogens with one attached hydrogen (secondary N) is 1. The lowest BCUT2D eigenvalue weighted by Crippen LogP contribution is -2.42. The van der Waals surface area contributed by atoms with Gasteiger partial charge in [0.25, 0.3) is 5.91 Å². The predicted molar refractivity (Wildman–Crippen MR) is 150 cm³/mol. The average Bonchev–Trinajstić information content (AvgIpc) is 2.98. The van der Waals surface area contributed by atoms with Gasteiger partial charge in [-0.1, -0.05) is 12.6 Å². The fourth-order valence-electron chi connectivity index (χ4n) is 4.34. The van der Waals surface area contributed by atoms with Crippen molar-refractivity contribution in [2.24, 2.45) is 0 Å². The van der Waals surface area contributed by atoms with Crippen molar-refractivity contribution < 1.29 is 19.1 Å². The maximum absolute atomic E-state index is 12.8. The van der Waals surface area contributed by atoms with Crippen molar-refractivity contribution in [1.82, 2.24) is 14.9 Å². The normalized spacial score (nSPS) is 13.5.